The lowest BCUT2D eigenvalue weighted by Crippen LogP contribution is -2.52. The molecule has 0 saturated heterocycles. The van der Waals surface area contributed by atoms with Crippen LogP contribution in [-0.4, -0.2) is 24.8 Å². The maximum atomic E-state index is 6.40. The average molecular weight is 298 g/mol. The van der Waals surface area contributed by atoms with Gasteiger partial charge in [0.05, 0.1) is 5.60 Å². The molecule has 1 fully saturated rings. The van der Waals surface area contributed by atoms with Crippen LogP contribution in [0.1, 0.15) is 91.9 Å². The van der Waals surface area contributed by atoms with E-state index in [0.29, 0.717) is 6.04 Å². The summed E-state index contributed by atoms with van der Waals surface area (Å²) in [5, 5.41) is 3.84. The summed E-state index contributed by atoms with van der Waals surface area (Å²) < 4.78 is 6.40. The van der Waals surface area contributed by atoms with Crippen molar-refractivity contribution in [2.75, 3.05) is 13.2 Å². The van der Waals surface area contributed by atoms with E-state index in [0.717, 1.165) is 19.1 Å². The zero-order chi connectivity index (χ0) is 15.6. The maximum absolute atomic E-state index is 6.40. The highest BCUT2D eigenvalue weighted by atomic mass is 16.5. The minimum atomic E-state index is 0.109. The monoisotopic (exact) mass is 297 g/mol. The summed E-state index contributed by atoms with van der Waals surface area (Å²) in [5.41, 5.74) is 0.109. The largest absolute Gasteiger partial charge is 0.374 e. The molecular formula is C19H39NO. The molecule has 1 aliphatic carbocycles. The molecule has 0 amide bonds. The first-order valence-electron chi connectivity index (χ1n) is 9.52. The third-order valence-corrected chi connectivity index (χ3v) is 4.93. The number of hydrogen-bond acceptors (Lipinski definition) is 2. The Labute approximate surface area is 133 Å². The molecule has 0 aliphatic heterocycles. The van der Waals surface area contributed by atoms with E-state index >= 15 is 0 Å². The standard InChI is InChI=1S/C19H39NO/c1-5-16-20-18(13-11-12-17(3)4)19(21-6-2)14-9-7-8-10-15-19/h17-18,20H,5-16H2,1-4H3. The quantitative estimate of drug-likeness (QED) is 0.552. The predicted octanol–water partition coefficient (Wildman–Crippen LogP) is 5.31. The molecule has 0 radical (unpaired) electrons. The van der Waals surface area contributed by atoms with Crippen LogP contribution < -0.4 is 5.32 Å². The Morgan fingerprint density at radius 1 is 1.00 bits per heavy atom. The third-order valence-electron chi connectivity index (χ3n) is 4.93. The summed E-state index contributed by atoms with van der Waals surface area (Å²) in [4.78, 5) is 0. The Morgan fingerprint density at radius 3 is 2.19 bits per heavy atom. The minimum absolute atomic E-state index is 0.109. The summed E-state index contributed by atoms with van der Waals surface area (Å²) in [6.07, 6.45) is 13.1. The van der Waals surface area contributed by atoms with Gasteiger partial charge in [-0.1, -0.05) is 59.3 Å². The molecule has 1 atom stereocenters. The lowest BCUT2D eigenvalue weighted by molar-refractivity contribution is -0.0790. The van der Waals surface area contributed by atoms with Gasteiger partial charge in [0, 0.05) is 12.6 Å². The van der Waals surface area contributed by atoms with Gasteiger partial charge in [0.2, 0.25) is 0 Å². The van der Waals surface area contributed by atoms with Crippen molar-refractivity contribution >= 4 is 0 Å². The zero-order valence-electron chi connectivity index (χ0n) is 15.0. The van der Waals surface area contributed by atoms with Gasteiger partial charge in [0.1, 0.15) is 0 Å². The summed E-state index contributed by atoms with van der Waals surface area (Å²) in [6.45, 7) is 11.1. The Hall–Kier alpha value is -0.0800. The Balaban J connectivity index is 2.71. The van der Waals surface area contributed by atoms with Crippen molar-refractivity contribution in [2.45, 2.75) is 104 Å². The third kappa shape index (κ3) is 6.69. The molecule has 126 valence electrons. The number of nitrogens with one attached hydrogen (secondary N) is 1. The molecule has 2 nitrogen and oxygen atoms in total. The van der Waals surface area contributed by atoms with E-state index in [1.807, 2.05) is 0 Å². The van der Waals surface area contributed by atoms with Crippen LogP contribution in [0.3, 0.4) is 0 Å². The van der Waals surface area contributed by atoms with Gasteiger partial charge in [-0.25, -0.2) is 0 Å². The fourth-order valence-electron chi connectivity index (χ4n) is 3.81. The lowest BCUT2D eigenvalue weighted by atomic mass is 9.82. The molecule has 0 spiro atoms. The second kappa shape index (κ2) is 10.6. The van der Waals surface area contributed by atoms with Gasteiger partial charge in [-0.3, -0.25) is 0 Å². The molecule has 1 unspecified atom stereocenters. The molecule has 1 saturated carbocycles. The smallest absolute Gasteiger partial charge is 0.0834 e. The van der Waals surface area contributed by atoms with E-state index in [2.05, 4.69) is 33.0 Å². The molecule has 0 aromatic carbocycles. The molecule has 0 heterocycles. The molecule has 0 aromatic rings. The van der Waals surface area contributed by atoms with E-state index in [9.17, 15) is 0 Å². The van der Waals surface area contributed by atoms with Crippen LogP contribution in [0.4, 0.5) is 0 Å². The predicted molar refractivity (Wildman–Crippen MR) is 92.8 cm³/mol. The topological polar surface area (TPSA) is 21.3 Å². The maximum Gasteiger partial charge on any atom is 0.0834 e. The van der Waals surface area contributed by atoms with Crippen molar-refractivity contribution < 1.29 is 4.74 Å². The van der Waals surface area contributed by atoms with E-state index in [4.69, 9.17) is 4.74 Å². The van der Waals surface area contributed by atoms with E-state index in [-0.39, 0.29) is 5.60 Å². The minimum Gasteiger partial charge on any atom is -0.374 e. The van der Waals surface area contributed by atoms with Crippen molar-refractivity contribution in [2.24, 2.45) is 5.92 Å². The van der Waals surface area contributed by atoms with E-state index in [1.165, 1.54) is 64.2 Å². The Morgan fingerprint density at radius 2 is 1.67 bits per heavy atom. The summed E-state index contributed by atoms with van der Waals surface area (Å²) in [5.74, 6) is 0.814. The number of ether oxygens (including phenoxy) is 1. The van der Waals surface area contributed by atoms with Gasteiger partial charge < -0.3 is 10.1 Å². The van der Waals surface area contributed by atoms with Crippen molar-refractivity contribution in [3.05, 3.63) is 0 Å². The molecule has 1 aliphatic rings. The average Bonchev–Trinajstić information content (AvgIpc) is 2.69. The van der Waals surface area contributed by atoms with E-state index < -0.39 is 0 Å². The van der Waals surface area contributed by atoms with Crippen molar-refractivity contribution in [1.82, 2.24) is 5.32 Å². The summed E-state index contributed by atoms with van der Waals surface area (Å²) in [6, 6.07) is 0.550. The van der Waals surface area contributed by atoms with Crippen LogP contribution in [0.25, 0.3) is 0 Å². The molecule has 0 aromatic heterocycles. The molecule has 2 heteroatoms. The zero-order valence-corrected chi connectivity index (χ0v) is 15.0. The fraction of sp³-hybridized carbons (Fsp3) is 1.00. The van der Waals surface area contributed by atoms with Crippen LogP contribution in [0.15, 0.2) is 0 Å². The molecular weight excluding hydrogens is 258 g/mol. The summed E-state index contributed by atoms with van der Waals surface area (Å²) >= 11 is 0. The molecule has 1 N–H and O–H groups in total. The second-order valence-corrected chi connectivity index (χ2v) is 7.24. The van der Waals surface area contributed by atoms with Crippen LogP contribution in [0, 0.1) is 5.92 Å². The van der Waals surface area contributed by atoms with Gasteiger partial charge in [-0.05, 0) is 45.1 Å². The molecule has 0 bridgehead atoms. The highest BCUT2D eigenvalue weighted by Crippen LogP contribution is 2.35. The van der Waals surface area contributed by atoms with Gasteiger partial charge >= 0.3 is 0 Å². The second-order valence-electron chi connectivity index (χ2n) is 7.24. The number of hydrogen-bond donors (Lipinski definition) is 1. The fourth-order valence-corrected chi connectivity index (χ4v) is 3.81. The van der Waals surface area contributed by atoms with Crippen LogP contribution in [-0.2, 0) is 4.74 Å². The first kappa shape index (κ1) is 19.0. The van der Waals surface area contributed by atoms with Crippen LogP contribution >= 0.6 is 0 Å². The molecule has 1 rings (SSSR count). The van der Waals surface area contributed by atoms with Gasteiger partial charge in [-0.15, -0.1) is 0 Å². The van der Waals surface area contributed by atoms with Gasteiger partial charge in [0.25, 0.3) is 0 Å². The lowest BCUT2D eigenvalue weighted by Gasteiger charge is -2.41. The van der Waals surface area contributed by atoms with Crippen molar-refractivity contribution in [1.29, 1.82) is 0 Å². The Kier molecular flexibility index (Phi) is 9.59. The first-order chi connectivity index (χ1) is 10.1. The SMILES string of the molecule is CCCNC(CCCC(C)C)C1(OCC)CCCCCC1. The highest BCUT2D eigenvalue weighted by molar-refractivity contribution is 4.94. The highest BCUT2D eigenvalue weighted by Gasteiger charge is 2.39. The Bertz CT molecular complexity index is 244. The van der Waals surface area contributed by atoms with Crippen LogP contribution in [0.5, 0.6) is 0 Å². The van der Waals surface area contributed by atoms with Gasteiger partial charge in [-0.2, -0.15) is 0 Å². The molecule has 21 heavy (non-hydrogen) atoms. The van der Waals surface area contributed by atoms with Crippen LogP contribution in [0.2, 0.25) is 0 Å². The normalized spacial score (nSPS) is 20.4. The number of rotatable bonds is 10. The summed E-state index contributed by atoms with van der Waals surface area (Å²) in [7, 11) is 0. The first-order valence-corrected chi connectivity index (χ1v) is 9.52. The van der Waals surface area contributed by atoms with Crippen molar-refractivity contribution in [3.8, 4) is 0 Å². The van der Waals surface area contributed by atoms with E-state index in [1.54, 1.807) is 0 Å². The van der Waals surface area contributed by atoms with Crippen molar-refractivity contribution in [3.63, 3.8) is 0 Å². The van der Waals surface area contributed by atoms with Gasteiger partial charge in [0.15, 0.2) is 0 Å².